The van der Waals surface area contributed by atoms with E-state index in [9.17, 15) is 9.59 Å². The molecule has 0 aromatic heterocycles. The first kappa shape index (κ1) is 18.3. The third-order valence-electron chi connectivity index (χ3n) is 3.30. The topological polar surface area (TPSA) is 61.8 Å². The van der Waals surface area contributed by atoms with E-state index in [-0.39, 0.29) is 12.2 Å². The molecular weight excluding hydrogens is 320 g/mol. The summed E-state index contributed by atoms with van der Waals surface area (Å²) in [7, 11) is 0. The van der Waals surface area contributed by atoms with Gasteiger partial charge < -0.3 is 14.2 Å². The van der Waals surface area contributed by atoms with E-state index < -0.39 is 18.0 Å². The Balaban J connectivity index is 2.18. The van der Waals surface area contributed by atoms with Gasteiger partial charge in [-0.25, -0.2) is 4.79 Å². The van der Waals surface area contributed by atoms with Crippen LogP contribution in [0.5, 0.6) is 11.5 Å². The molecule has 2 aromatic carbocycles. The van der Waals surface area contributed by atoms with Crippen LogP contribution in [0.4, 0.5) is 0 Å². The molecule has 0 aliphatic rings. The first-order chi connectivity index (χ1) is 12.0. The van der Waals surface area contributed by atoms with Crippen LogP contribution in [0.25, 0.3) is 0 Å². The van der Waals surface area contributed by atoms with Crippen molar-refractivity contribution < 1.29 is 23.8 Å². The number of ether oxygens (including phenoxy) is 3. The van der Waals surface area contributed by atoms with E-state index in [1.807, 2.05) is 30.3 Å². The van der Waals surface area contributed by atoms with Gasteiger partial charge in [-0.15, -0.1) is 0 Å². The summed E-state index contributed by atoms with van der Waals surface area (Å²) < 4.78 is 15.9. The van der Waals surface area contributed by atoms with E-state index in [0.717, 1.165) is 0 Å². The lowest BCUT2D eigenvalue weighted by molar-refractivity contribution is -0.147. The van der Waals surface area contributed by atoms with Gasteiger partial charge in [-0.05, 0) is 36.8 Å². The standard InChI is InChI=1S/C20H20O5/c1-4-23-20(22)14(2)19(24-15(3)21)16-10-12-18(13-11-16)25-17-8-6-5-7-9-17/h5-13,19H,2,4H2,1,3H3. The molecule has 5 heteroatoms. The van der Waals surface area contributed by atoms with Crippen LogP contribution in [0.3, 0.4) is 0 Å². The molecule has 0 aliphatic carbocycles. The van der Waals surface area contributed by atoms with Crippen LogP contribution in [-0.4, -0.2) is 18.5 Å². The quantitative estimate of drug-likeness (QED) is 0.558. The lowest BCUT2D eigenvalue weighted by Gasteiger charge is -2.19. The second kappa shape index (κ2) is 8.68. The van der Waals surface area contributed by atoms with Crippen molar-refractivity contribution >= 4 is 11.9 Å². The Kier molecular flexibility index (Phi) is 6.34. The zero-order valence-corrected chi connectivity index (χ0v) is 14.2. The molecule has 0 bridgehead atoms. The minimum Gasteiger partial charge on any atom is -0.463 e. The lowest BCUT2D eigenvalue weighted by atomic mass is 10.0. The summed E-state index contributed by atoms with van der Waals surface area (Å²) in [6.07, 6.45) is -0.901. The van der Waals surface area contributed by atoms with Gasteiger partial charge in [0.15, 0.2) is 6.10 Å². The van der Waals surface area contributed by atoms with Gasteiger partial charge in [0, 0.05) is 6.92 Å². The number of carbonyl (C=O) groups excluding carboxylic acids is 2. The molecule has 0 amide bonds. The molecule has 130 valence electrons. The molecular formula is C20H20O5. The van der Waals surface area contributed by atoms with Crippen LogP contribution in [0, 0.1) is 0 Å². The lowest BCUT2D eigenvalue weighted by Crippen LogP contribution is -2.18. The zero-order chi connectivity index (χ0) is 18.2. The second-order valence-electron chi connectivity index (χ2n) is 5.22. The number of hydrogen-bond donors (Lipinski definition) is 0. The smallest absolute Gasteiger partial charge is 0.337 e. The highest BCUT2D eigenvalue weighted by Crippen LogP contribution is 2.29. The summed E-state index contributed by atoms with van der Waals surface area (Å²) in [6, 6.07) is 16.3. The van der Waals surface area contributed by atoms with E-state index in [4.69, 9.17) is 14.2 Å². The van der Waals surface area contributed by atoms with Crippen molar-refractivity contribution in [2.24, 2.45) is 0 Å². The molecule has 0 heterocycles. The van der Waals surface area contributed by atoms with Crippen LogP contribution in [0.15, 0.2) is 66.7 Å². The van der Waals surface area contributed by atoms with E-state index in [1.54, 1.807) is 31.2 Å². The minimum absolute atomic E-state index is 0.0637. The molecule has 5 nitrogen and oxygen atoms in total. The van der Waals surface area contributed by atoms with Crippen molar-refractivity contribution in [2.75, 3.05) is 6.61 Å². The monoisotopic (exact) mass is 340 g/mol. The third kappa shape index (κ3) is 5.21. The molecule has 0 N–H and O–H groups in total. The molecule has 0 saturated heterocycles. The molecule has 25 heavy (non-hydrogen) atoms. The van der Waals surface area contributed by atoms with Gasteiger partial charge >= 0.3 is 11.9 Å². The fourth-order valence-corrected chi connectivity index (χ4v) is 2.17. The molecule has 0 fully saturated rings. The number of carbonyl (C=O) groups is 2. The van der Waals surface area contributed by atoms with Gasteiger partial charge in [-0.1, -0.05) is 36.9 Å². The summed E-state index contributed by atoms with van der Waals surface area (Å²) in [5.74, 6) is 0.222. The van der Waals surface area contributed by atoms with Crippen LogP contribution in [0.1, 0.15) is 25.5 Å². The van der Waals surface area contributed by atoms with Crippen LogP contribution in [0.2, 0.25) is 0 Å². The van der Waals surface area contributed by atoms with E-state index in [2.05, 4.69) is 6.58 Å². The first-order valence-electron chi connectivity index (χ1n) is 7.87. The number of rotatable bonds is 7. The van der Waals surface area contributed by atoms with E-state index in [1.165, 1.54) is 6.92 Å². The van der Waals surface area contributed by atoms with Crippen molar-refractivity contribution in [1.82, 2.24) is 0 Å². The van der Waals surface area contributed by atoms with Crippen molar-refractivity contribution in [3.63, 3.8) is 0 Å². The molecule has 1 unspecified atom stereocenters. The highest BCUT2D eigenvalue weighted by Gasteiger charge is 2.25. The van der Waals surface area contributed by atoms with Gasteiger partial charge in [0.25, 0.3) is 0 Å². The van der Waals surface area contributed by atoms with Crippen LogP contribution < -0.4 is 4.74 Å². The first-order valence-corrected chi connectivity index (χ1v) is 7.87. The average molecular weight is 340 g/mol. The largest absolute Gasteiger partial charge is 0.463 e. The Hall–Kier alpha value is -3.08. The fourth-order valence-electron chi connectivity index (χ4n) is 2.17. The maximum Gasteiger partial charge on any atom is 0.337 e. The summed E-state index contributed by atoms with van der Waals surface area (Å²) >= 11 is 0. The molecule has 0 saturated carbocycles. The fraction of sp³-hybridized carbons (Fsp3) is 0.200. The maximum atomic E-state index is 11.9. The van der Waals surface area contributed by atoms with Crippen LogP contribution in [-0.2, 0) is 19.1 Å². The summed E-state index contributed by atoms with van der Waals surface area (Å²) in [5, 5.41) is 0. The van der Waals surface area contributed by atoms with Gasteiger partial charge in [0.1, 0.15) is 11.5 Å². The van der Waals surface area contributed by atoms with Crippen molar-refractivity contribution in [1.29, 1.82) is 0 Å². The van der Waals surface area contributed by atoms with Gasteiger partial charge in [-0.3, -0.25) is 4.79 Å². The van der Waals surface area contributed by atoms with E-state index >= 15 is 0 Å². The average Bonchev–Trinajstić information content (AvgIpc) is 2.61. The molecule has 2 rings (SSSR count). The number of benzene rings is 2. The Morgan fingerprint density at radius 1 is 1.00 bits per heavy atom. The highest BCUT2D eigenvalue weighted by atomic mass is 16.6. The summed E-state index contributed by atoms with van der Waals surface area (Å²) in [4.78, 5) is 23.3. The summed E-state index contributed by atoms with van der Waals surface area (Å²) in [6.45, 7) is 6.90. The third-order valence-corrected chi connectivity index (χ3v) is 3.30. The van der Waals surface area contributed by atoms with E-state index in [0.29, 0.717) is 17.1 Å². The van der Waals surface area contributed by atoms with Crippen molar-refractivity contribution in [2.45, 2.75) is 20.0 Å². The molecule has 2 aromatic rings. The zero-order valence-electron chi connectivity index (χ0n) is 14.2. The number of esters is 2. The normalized spacial score (nSPS) is 11.3. The van der Waals surface area contributed by atoms with Gasteiger partial charge in [-0.2, -0.15) is 0 Å². The highest BCUT2D eigenvalue weighted by molar-refractivity contribution is 5.89. The van der Waals surface area contributed by atoms with Crippen molar-refractivity contribution in [3.05, 3.63) is 72.3 Å². The van der Waals surface area contributed by atoms with Gasteiger partial charge in [0.2, 0.25) is 0 Å². The Bertz CT molecular complexity index is 734. The second-order valence-corrected chi connectivity index (χ2v) is 5.22. The van der Waals surface area contributed by atoms with Crippen molar-refractivity contribution in [3.8, 4) is 11.5 Å². The Labute approximate surface area is 146 Å². The molecule has 0 radical (unpaired) electrons. The van der Waals surface area contributed by atoms with Crippen LogP contribution >= 0.6 is 0 Å². The SMILES string of the molecule is C=C(C(=O)OCC)C(OC(C)=O)c1ccc(Oc2ccccc2)cc1. The Morgan fingerprint density at radius 3 is 2.16 bits per heavy atom. The van der Waals surface area contributed by atoms with Gasteiger partial charge in [0.05, 0.1) is 12.2 Å². The molecule has 0 aliphatic heterocycles. The molecule has 1 atom stereocenters. The number of hydrogen-bond acceptors (Lipinski definition) is 5. The predicted molar refractivity (Wildman–Crippen MR) is 93.2 cm³/mol. The Morgan fingerprint density at radius 2 is 1.60 bits per heavy atom. The minimum atomic E-state index is -0.901. The number of para-hydroxylation sites is 1. The predicted octanol–water partition coefficient (Wildman–Crippen LogP) is 4.20. The maximum absolute atomic E-state index is 11.9. The molecule has 0 spiro atoms. The summed E-state index contributed by atoms with van der Waals surface area (Å²) in [5.41, 5.74) is 0.669.